The predicted molar refractivity (Wildman–Crippen MR) is 130 cm³/mol. The van der Waals surface area contributed by atoms with Gasteiger partial charge in [-0.25, -0.2) is 15.0 Å². The number of nitrogen functional groups attached to an aromatic ring is 1. The van der Waals surface area contributed by atoms with Gasteiger partial charge >= 0.3 is 5.97 Å². The minimum Gasteiger partial charge on any atom is -0.481 e. The van der Waals surface area contributed by atoms with Gasteiger partial charge in [-0.2, -0.15) is 0 Å². The fourth-order valence-electron chi connectivity index (χ4n) is 5.39. The van der Waals surface area contributed by atoms with Crippen molar-refractivity contribution in [2.24, 2.45) is 24.8 Å². The second-order valence-electron chi connectivity index (χ2n) is 9.20. The number of fused-ring (bicyclic) bond motifs is 3. The van der Waals surface area contributed by atoms with Crippen molar-refractivity contribution in [3.8, 4) is 11.3 Å². The van der Waals surface area contributed by atoms with Gasteiger partial charge in [0.25, 0.3) is 0 Å². The van der Waals surface area contributed by atoms with Gasteiger partial charge in [0.1, 0.15) is 17.3 Å². The van der Waals surface area contributed by atoms with Crippen molar-refractivity contribution >= 4 is 34.9 Å². The molecule has 3 aromatic rings. The summed E-state index contributed by atoms with van der Waals surface area (Å²) < 4.78 is 1.91. The SMILES string of the molecule is Cn1ccc(-c2cc(NC3C4CCC(CC4)C3C(=O)O)nc(C(=N)c3cc(Cl)cnc3N)n2)c1. The third kappa shape index (κ3) is 4.11. The van der Waals surface area contributed by atoms with E-state index in [0.717, 1.165) is 31.2 Å². The Hall–Kier alpha value is -3.46. The zero-order valence-electron chi connectivity index (χ0n) is 18.7. The lowest BCUT2D eigenvalue weighted by atomic mass is 9.61. The van der Waals surface area contributed by atoms with Crippen molar-refractivity contribution in [1.82, 2.24) is 19.5 Å². The van der Waals surface area contributed by atoms with E-state index in [-0.39, 0.29) is 35.2 Å². The van der Waals surface area contributed by atoms with Crippen molar-refractivity contribution in [2.45, 2.75) is 31.7 Å². The van der Waals surface area contributed by atoms with Crippen LogP contribution in [0.15, 0.2) is 36.8 Å². The molecule has 3 fully saturated rings. The number of carboxylic acid groups (broad SMARTS) is 1. The first-order valence-corrected chi connectivity index (χ1v) is 11.7. The van der Waals surface area contributed by atoms with Crippen molar-refractivity contribution in [2.75, 3.05) is 11.1 Å². The molecule has 3 aliphatic rings. The molecule has 2 bridgehead atoms. The summed E-state index contributed by atoms with van der Waals surface area (Å²) in [5.74, 6) is 0.0299. The molecule has 10 heteroatoms. The molecule has 0 saturated heterocycles. The second kappa shape index (κ2) is 8.72. The molecule has 34 heavy (non-hydrogen) atoms. The minimum absolute atomic E-state index is 0.00622. The van der Waals surface area contributed by atoms with E-state index in [2.05, 4.69) is 20.3 Å². The number of aliphatic carboxylic acids is 1. The number of pyridine rings is 1. The van der Waals surface area contributed by atoms with Gasteiger partial charge in [0.15, 0.2) is 5.82 Å². The standard InChI is InChI=1S/C24H26ClN7O2/c1-32-7-6-14(11-32)17-9-18(30-21-13-4-2-12(3-5-13)19(21)24(33)34)31-23(29-17)20(26)16-8-15(25)10-28-22(16)27/h6-13,19,21,26H,2-5H2,1H3,(H2,27,28)(H,33,34)(H,29,30,31). The third-order valence-corrected chi connectivity index (χ3v) is 7.26. The molecule has 3 heterocycles. The number of carboxylic acids is 1. The van der Waals surface area contributed by atoms with Crippen LogP contribution >= 0.6 is 11.6 Å². The topological polar surface area (TPSA) is 143 Å². The average molecular weight is 480 g/mol. The lowest BCUT2D eigenvalue weighted by molar-refractivity contribution is -0.148. The Morgan fingerprint density at radius 3 is 2.65 bits per heavy atom. The van der Waals surface area contributed by atoms with Crippen LogP contribution in [0.1, 0.15) is 37.1 Å². The van der Waals surface area contributed by atoms with E-state index in [0.29, 0.717) is 22.1 Å². The van der Waals surface area contributed by atoms with Gasteiger partial charge in [-0.15, -0.1) is 0 Å². The number of hydrogen-bond acceptors (Lipinski definition) is 7. The molecule has 2 atom stereocenters. The van der Waals surface area contributed by atoms with Gasteiger partial charge in [-0.05, 0) is 49.7 Å². The normalized spacial score (nSPS) is 23.6. The number of aromatic nitrogens is 4. The van der Waals surface area contributed by atoms with Crippen LogP contribution in [-0.4, -0.2) is 42.3 Å². The molecule has 6 rings (SSSR count). The molecular formula is C24H26ClN7O2. The number of nitrogens with one attached hydrogen (secondary N) is 2. The van der Waals surface area contributed by atoms with Gasteiger partial charge in [-0.1, -0.05) is 11.6 Å². The Balaban J connectivity index is 1.56. The number of carbonyl (C=O) groups is 1. The Morgan fingerprint density at radius 1 is 1.24 bits per heavy atom. The van der Waals surface area contributed by atoms with Crippen LogP contribution in [0.2, 0.25) is 5.02 Å². The number of nitrogens with two attached hydrogens (primary N) is 1. The summed E-state index contributed by atoms with van der Waals surface area (Å²) in [5, 5.41) is 22.5. The molecule has 2 unspecified atom stereocenters. The summed E-state index contributed by atoms with van der Waals surface area (Å²) in [4.78, 5) is 25.4. The Labute approximate surface area is 201 Å². The highest BCUT2D eigenvalue weighted by Crippen LogP contribution is 2.46. The summed E-state index contributed by atoms with van der Waals surface area (Å²) >= 11 is 6.09. The van der Waals surface area contributed by atoms with Crippen LogP contribution in [0.3, 0.4) is 0 Å². The second-order valence-corrected chi connectivity index (χ2v) is 9.63. The fraction of sp³-hybridized carbons (Fsp3) is 0.375. The zero-order chi connectivity index (χ0) is 24.0. The van der Waals surface area contributed by atoms with E-state index < -0.39 is 11.9 Å². The summed E-state index contributed by atoms with van der Waals surface area (Å²) in [5.41, 5.74) is 7.83. The largest absolute Gasteiger partial charge is 0.481 e. The van der Waals surface area contributed by atoms with Crippen molar-refractivity contribution < 1.29 is 9.90 Å². The van der Waals surface area contributed by atoms with Crippen molar-refractivity contribution in [3.63, 3.8) is 0 Å². The first-order chi connectivity index (χ1) is 16.3. The van der Waals surface area contributed by atoms with Crippen LogP contribution in [0.4, 0.5) is 11.6 Å². The number of halogens is 1. The summed E-state index contributed by atoms with van der Waals surface area (Å²) in [6, 6.07) is 5.09. The molecule has 0 radical (unpaired) electrons. The molecule has 3 aromatic heterocycles. The minimum atomic E-state index is -0.769. The van der Waals surface area contributed by atoms with E-state index in [1.807, 2.05) is 36.1 Å². The van der Waals surface area contributed by atoms with Gasteiger partial charge in [0.05, 0.1) is 16.6 Å². The Bertz CT molecular complexity index is 1270. The number of aryl methyl sites for hydroxylation is 1. The van der Waals surface area contributed by atoms with Crippen molar-refractivity contribution in [3.05, 3.63) is 53.2 Å². The molecular weight excluding hydrogens is 454 g/mol. The average Bonchev–Trinajstić information content (AvgIpc) is 3.27. The zero-order valence-corrected chi connectivity index (χ0v) is 19.5. The van der Waals surface area contributed by atoms with Crippen LogP contribution in [0.25, 0.3) is 11.3 Å². The van der Waals surface area contributed by atoms with Crippen LogP contribution in [0.5, 0.6) is 0 Å². The van der Waals surface area contributed by atoms with Crippen LogP contribution in [-0.2, 0) is 11.8 Å². The van der Waals surface area contributed by atoms with Gasteiger partial charge in [0.2, 0.25) is 0 Å². The number of anilines is 2. The molecule has 0 spiro atoms. The first-order valence-electron chi connectivity index (χ1n) is 11.3. The monoisotopic (exact) mass is 479 g/mol. The maximum Gasteiger partial charge on any atom is 0.308 e. The number of rotatable bonds is 6. The quantitative estimate of drug-likeness (QED) is 0.393. The highest BCUT2D eigenvalue weighted by atomic mass is 35.5. The first kappa shape index (κ1) is 22.3. The number of nitrogens with zero attached hydrogens (tertiary/aromatic N) is 4. The smallest absolute Gasteiger partial charge is 0.308 e. The molecule has 0 amide bonds. The lowest BCUT2D eigenvalue weighted by Crippen LogP contribution is -2.51. The molecule has 3 aliphatic carbocycles. The fourth-order valence-corrected chi connectivity index (χ4v) is 5.55. The van der Waals surface area contributed by atoms with Crippen LogP contribution < -0.4 is 11.1 Å². The predicted octanol–water partition coefficient (Wildman–Crippen LogP) is 3.83. The van der Waals surface area contributed by atoms with E-state index >= 15 is 0 Å². The van der Waals surface area contributed by atoms with E-state index in [4.69, 9.17) is 22.7 Å². The molecule has 9 nitrogen and oxygen atoms in total. The maximum atomic E-state index is 12.1. The Morgan fingerprint density at radius 2 is 1.97 bits per heavy atom. The third-order valence-electron chi connectivity index (χ3n) is 7.05. The van der Waals surface area contributed by atoms with Gasteiger partial charge < -0.3 is 20.7 Å². The molecule has 176 valence electrons. The Kier molecular flexibility index (Phi) is 5.73. The van der Waals surface area contributed by atoms with E-state index in [1.54, 1.807) is 6.07 Å². The van der Waals surface area contributed by atoms with Crippen molar-refractivity contribution in [1.29, 1.82) is 5.41 Å². The summed E-state index contributed by atoms with van der Waals surface area (Å²) in [6.45, 7) is 0. The van der Waals surface area contributed by atoms with Gasteiger partial charge in [0, 0.05) is 48.9 Å². The summed E-state index contributed by atoms with van der Waals surface area (Å²) in [7, 11) is 1.92. The van der Waals surface area contributed by atoms with Gasteiger partial charge in [-0.3, -0.25) is 10.2 Å². The molecule has 0 aromatic carbocycles. The lowest BCUT2D eigenvalue weighted by Gasteiger charge is -2.47. The van der Waals surface area contributed by atoms with Crippen LogP contribution in [0, 0.1) is 23.2 Å². The van der Waals surface area contributed by atoms with E-state index in [1.165, 1.54) is 6.20 Å². The highest BCUT2D eigenvalue weighted by molar-refractivity contribution is 6.31. The highest BCUT2D eigenvalue weighted by Gasteiger charge is 2.47. The summed E-state index contributed by atoms with van der Waals surface area (Å²) in [6.07, 6.45) is 9.19. The maximum absolute atomic E-state index is 12.1. The molecule has 5 N–H and O–H groups in total. The molecule has 3 saturated carbocycles. The molecule has 0 aliphatic heterocycles. The number of hydrogen-bond donors (Lipinski definition) is 4. The van der Waals surface area contributed by atoms with E-state index in [9.17, 15) is 9.90 Å².